The quantitative estimate of drug-likeness (QED) is 0.437. The van der Waals surface area contributed by atoms with Crippen molar-refractivity contribution in [2.75, 3.05) is 12.5 Å². The first-order valence-corrected chi connectivity index (χ1v) is 6.19. The van der Waals surface area contributed by atoms with Gasteiger partial charge < -0.3 is 0 Å². The fraction of sp³-hybridized carbons (Fsp3) is 0.200. The number of non-ortho nitro benzene ring substituents is 1. The summed E-state index contributed by atoms with van der Waals surface area (Å²) in [5.74, 6) is 0. The van der Waals surface area contributed by atoms with Gasteiger partial charge in [-0.15, -0.1) is 0 Å². The van der Waals surface area contributed by atoms with Crippen LogP contribution >= 0.6 is 0 Å². The van der Waals surface area contributed by atoms with E-state index in [9.17, 15) is 10.1 Å². The summed E-state index contributed by atoms with van der Waals surface area (Å²) in [6, 6.07) is 6.54. The van der Waals surface area contributed by atoms with E-state index in [2.05, 4.69) is 17.9 Å². The monoisotopic (exact) mass is 210 g/mol. The van der Waals surface area contributed by atoms with E-state index in [1.54, 1.807) is 12.1 Å². The van der Waals surface area contributed by atoms with E-state index in [4.69, 9.17) is 0 Å². The van der Waals surface area contributed by atoms with Gasteiger partial charge in [0.1, 0.15) is 17.9 Å². The maximum atomic E-state index is 10.4. The van der Waals surface area contributed by atoms with E-state index < -0.39 is 4.92 Å². The number of nitrogens with zero attached hydrogens (tertiary/aromatic N) is 1. The number of hydrogen-bond donors (Lipinski definition) is 0. The molecule has 1 rings (SSSR count). The molecule has 14 heavy (non-hydrogen) atoms. The molecule has 0 atom stereocenters. The van der Waals surface area contributed by atoms with Gasteiger partial charge in [-0.3, -0.25) is 10.1 Å². The van der Waals surface area contributed by atoms with Crippen molar-refractivity contribution in [3.8, 4) is 0 Å². The highest BCUT2D eigenvalue weighted by Gasteiger charge is 2.02. The van der Waals surface area contributed by atoms with Gasteiger partial charge in [0.15, 0.2) is 0 Å². The molecule has 0 amide bonds. The van der Waals surface area contributed by atoms with E-state index in [1.807, 2.05) is 6.08 Å². The summed E-state index contributed by atoms with van der Waals surface area (Å²) < 4.78 is 0. The van der Waals surface area contributed by atoms with E-state index in [0.717, 1.165) is 5.56 Å². The van der Waals surface area contributed by atoms with Crippen molar-refractivity contribution in [2.45, 2.75) is 0 Å². The van der Waals surface area contributed by atoms with Crippen molar-refractivity contribution in [1.82, 2.24) is 0 Å². The average Bonchev–Trinajstić information content (AvgIpc) is 2.15. The fourth-order valence-electron chi connectivity index (χ4n) is 0.922. The summed E-state index contributed by atoms with van der Waals surface area (Å²) in [5, 5.41) is 12.5. The SMILES string of the molecule is C[S+](C)/C=C/c1ccc([N+](=O)[O-])cc1. The Morgan fingerprint density at radius 2 is 1.86 bits per heavy atom. The van der Waals surface area contributed by atoms with E-state index in [1.165, 1.54) is 12.1 Å². The van der Waals surface area contributed by atoms with Gasteiger partial charge in [0.25, 0.3) is 5.69 Å². The van der Waals surface area contributed by atoms with Crippen LogP contribution in [0, 0.1) is 10.1 Å². The van der Waals surface area contributed by atoms with Gasteiger partial charge in [0, 0.05) is 23.0 Å². The van der Waals surface area contributed by atoms with Crippen LogP contribution in [0.15, 0.2) is 29.7 Å². The Labute approximate surface area is 85.9 Å². The van der Waals surface area contributed by atoms with Crippen LogP contribution < -0.4 is 0 Å². The van der Waals surface area contributed by atoms with Crippen LogP contribution in [0.1, 0.15) is 5.56 Å². The highest BCUT2D eigenvalue weighted by Crippen LogP contribution is 2.13. The molecule has 0 radical (unpaired) electrons. The fourth-order valence-corrected chi connectivity index (χ4v) is 1.35. The first-order valence-electron chi connectivity index (χ1n) is 4.08. The number of hydrogen-bond acceptors (Lipinski definition) is 2. The number of benzene rings is 1. The minimum absolute atomic E-state index is 0.133. The number of nitro benzene ring substituents is 1. The van der Waals surface area contributed by atoms with Gasteiger partial charge >= 0.3 is 0 Å². The number of rotatable bonds is 3. The maximum Gasteiger partial charge on any atom is 0.269 e. The molecule has 4 heteroatoms. The molecule has 0 fully saturated rings. The summed E-state index contributed by atoms with van der Waals surface area (Å²) in [5.41, 5.74) is 1.13. The van der Waals surface area contributed by atoms with Gasteiger partial charge in [0.2, 0.25) is 0 Å². The summed E-state index contributed by atoms with van der Waals surface area (Å²) in [6.07, 6.45) is 6.20. The third-order valence-corrected chi connectivity index (χ3v) is 2.32. The van der Waals surface area contributed by atoms with Crippen molar-refractivity contribution in [1.29, 1.82) is 0 Å². The molecular formula is C10H12NO2S+. The molecule has 0 spiro atoms. The predicted octanol–water partition coefficient (Wildman–Crippen LogP) is 2.44. The lowest BCUT2D eigenvalue weighted by Crippen LogP contribution is -1.88. The minimum Gasteiger partial charge on any atom is -0.258 e. The minimum atomic E-state index is -0.391. The summed E-state index contributed by atoms with van der Waals surface area (Å²) in [7, 11) is 0.255. The van der Waals surface area contributed by atoms with Gasteiger partial charge in [-0.1, -0.05) is 0 Å². The molecule has 0 saturated heterocycles. The van der Waals surface area contributed by atoms with Crippen LogP contribution in [0.25, 0.3) is 6.08 Å². The third-order valence-electron chi connectivity index (χ3n) is 1.64. The van der Waals surface area contributed by atoms with Crippen LogP contribution in [-0.4, -0.2) is 17.4 Å². The second-order valence-electron chi connectivity index (χ2n) is 3.03. The zero-order valence-electron chi connectivity index (χ0n) is 8.14. The molecule has 74 valence electrons. The molecule has 0 saturated carbocycles. The van der Waals surface area contributed by atoms with Crippen molar-refractivity contribution >= 4 is 22.7 Å². The Morgan fingerprint density at radius 3 is 2.29 bits per heavy atom. The lowest BCUT2D eigenvalue weighted by atomic mass is 10.2. The average molecular weight is 210 g/mol. The molecule has 1 aromatic carbocycles. The molecule has 0 aliphatic carbocycles. The Balaban J connectivity index is 2.78. The lowest BCUT2D eigenvalue weighted by Gasteiger charge is -1.92. The Hall–Kier alpha value is -1.29. The van der Waals surface area contributed by atoms with E-state index >= 15 is 0 Å². The second kappa shape index (κ2) is 4.81. The van der Waals surface area contributed by atoms with Gasteiger partial charge in [-0.05, 0) is 23.8 Å². The Morgan fingerprint density at radius 1 is 1.29 bits per heavy atom. The molecule has 0 aromatic heterocycles. The molecule has 1 aromatic rings. The largest absolute Gasteiger partial charge is 0.269 e. The third kappa shape index (κ3) is 3.22. The highest BCUT2D eigenvalue weighted by molar-refractivity contribution is 7.98. The molecule has 0 aliphatic rings. The summed E-state index contributed by atoms with van der Waals surface area (Å²) >= 11 is 0. The van der Waals surface area contributed by atoms with Crippen molar-refractivity contribution < 1.29 is 4.92 Å². The molecule has 0 heterocycles. The number of nitro groups is 1. The normalized spacial score (nSPS) is 11.1. The Bertz CT molecular complexity index is 344. The van der Waals surface area contributed by atoms with Gasteiger partial charge in [-0.2, -0.15) is 0 Å². The molecule has 0 unspecified atom stereocenters. The van der Waals surface area contributed by atoms with E-state index in [-0.39, 0.29) is 16.6 Å². The first kappa shape index (κ1) is 10.8. The zero-order chi connectivity index (χ0) is 10.6. The molecule has 3 nitrogen and oxygen atoms in total. The summed E-state index contributed by atoms with van der Waals surface area (Å²) in [6.45, 7) is 0. The smallest absolute Gasteiger partial charge is 0.258 e. The van der Waals surface area contributed by atoms with Gasteiger partial charge in [-0.25, -0.2) is 0 Å². The Kier molecular flexibility index (Phi) is 3.71. The lowest BCUT2D eigenvalue weighted by molar-refractivity contribution is -0.384. The van der Waals surface area contributed by atoms with Crippen molar-refractivity contribution in [3.63, 3.8) is 0 Å². The van der Waals surface area contributed by atoms with Crippen LogP contribution in [0.3, 0.4) is 0 Å². The molecular weight excluding hydrogens is 198 g/mol. The maximum absolute atomic E-state index is 10.4. The van der Waals surface area contributed by atoms with Gasteiger partial charge in [0.05, 0.1) is 4.92 Å². The van der Waals surface area contributed by atoms with E-state index in [0.29, 0.717) is 0 Å². The molecule has 0 N–H and O–H groups in total. The zero-order valence-corrected chi connectivity index (χ0v) is 8.95. The topological polar surface area (TPSA) is 43.1 Å². The van der Waals surface area contributed by atoms with Crippen LogP contribution in [0.4, 0.5) is 5.69 Å². The van der Waals surface area contributed by atoms with Crippen molar-refractivity contribution in [2.24, 2.45) is 0 Å². The predicted molar refractivity (Wildman–Crippen MR) is 61.3 cm³/mol. The van der Waals surface area contributed by atoms with Crippen molar-refractivity contribution in [3.05, 3.63) is 45.4 Å². The highest BCUT2D eigenvalue weighted by atomic mass is 32.2. The first-order chi connectivity index (χ1) is 6.59. The van der Waals surface area contributed by atoms with Crippen LogP contribution in [0.2, 0.25) is 0 Å². The molecule has 0 bridgehead atoms. The second-order valence-corrected chi connectivity index (χ2v) is 5.06. The molecule has 0 aliphatic heterocycles. The van der Waals surface area contributed by atoms with Crippen LogP contribution in [-0.2, 0) is 10.9 Å². The summed E-state index contributed by atoms with van der Waals surface area (Å²) in [4.78, 5) is 9.98. The standard InChI is InChI=1S/C10H12NO2S/c1-14(2)8-7-9-3-5-10(6-4-9)11(12)13/h3-8H,1-2H3/q+1/b8-7+. The van der Waals surface area contributed by atoms with Crippen LogP contribution in [0.5, 0.6) is 0 Å².